The zero-order chi connectivity index (χ0) is 60.9. The monoisotopic (exact) mass is 1330 g/mol. The van der Waals surface area contributed by atoms with Crippen LogP contribution in [0, 0.1) is 0 Å². The van der Waals surface area contributed by atoms with E-state index in [1.807, 2.05) is 26.2 Å². The van der Waals surface area contributed by atoms with Gasteiger partial charge in [-0.15, -0.1) is 0 Å². The highest BCUT2D eigenvalue weighted by Gasteiger charge is 2.70. The van der Waals surface area contributed by atoms with Crippen LogP contribution in [-0.2, 0) is 124 Å². The third kappa shape index (κ3) is 22.5. The lowest BCUT2D eigenvalue weighted by molar-refractivity contribution is -0.353. The Morgan fingerprint density at radius 3 is 0.564 bits per heavy atom. The number of hydrogen-bond donors (Lipinski definition) is 0. The van der Waals surface area contributed by atoms with E-state index >= 15 is 0 Å². The van der Waals surface area contributed by atoms with Gasteiger partial charge in [0.1, 0.15) is 0 Å². The minimum absolute atomic E-state index is 0.340. The molecule has 78 heavy (non-hydrogen) atoms. The zero-order valence-corrected chi connectivity index (χ0v) is 63.5. The van der Waals surface area contributed by atoms with Crippen LogP contribution in [0.4, 0.5) is 0 Å². The molecule has 0 spiro atoms. The van der Waals surface area contributed by atoms with Crippen molar-refractivity contribution >= 4 is 94.9 Å². The fourth-order valence-corrected chi connectivity index (χ4v) is 53.7. The first-order chi connectivity index (χ1) is 36.6. The van der Waals surface area contributed by atoms with Crippen LogP contribution < -0.4 is 0 Å². The molecule has 472 valence electrons. The zero-order valence-electron chi connectivity index (χ0n) is 52.5. The van der Waals surface area contributed by atoms with E-state index < -0.39 is 101 Å². The lowest BCUT2D eigenvalue weighted by atomic mass is 10.4. The summed E-state index contributed by atoms with van der Waals surface area (Å²) in [6.07, 6.45) is 0.340. The Labute approximate surface area is 479 Å². The molecule has 1 fully saturated rings. The Balaban J connectivity index is 0. The normalized spacial score (nSPS) is 22.3. The Hall–Kier alpha value is 1.27. The van der Waals surface area contributed by atoms with Crippen LogP contribution in [0.5, 0.6) is 0 Å². The Kier molecular flexibility index (Phi) is 39.4. The van der Waals surface area contributed by atoms with Gasteiger partial charge in [-0.3, -0.25) is 0 Å². The third-order valence-corrected chi connectivity index (χ3v) is 57.6. The van der Waals surface area contributed by atoms with Gasteiger partial charge in [-0.05, 0) is 50.4 Å². The van der Waals surface area contributed by atoms with Gasteiger partial charge in [0, 0.05) is 207 Å². The lowest BCUT2D eigenvalue weighted by Crippen LogP contribution is -2.71. The minimum Gasteiger partial charge on any atom is -0.416 e. The molecule has 1 rings (SSSR count). The standard InChI is InChI=1S/C25H64O16Si7.C8H22O6Si2.C6H18O6Si2/c1-26-25(27-2,28-3)17-18-42(13)38-43(14,19-22-46(29-4,30-5)31-6)40-45(16,21-24-48(35-10,36-11)37-12)41-44(15,39-42)20-23-47(32-7,33-8)34-9;1-9-15(10-2,11-3)7-8-16(12-4,13-5)14-6;1-7-13(8-2,9-3)14(10-4,11-5)12-6/h17-24H2,1-16H3;7-8H2,1-6H3;1-6H3. The Morgan fingerprint density at radius 2 is 0.410 bits per heavy atom. The molecule has 1 aliphatic heterocycles. The number of hydrogen-bond acceptors (Lipinski definition) is 28. The molecule has 0 radical (unpaired) electrons. The van der Waals surface area contributed by atoms with Crippen molar-refractivity contribution in [3.63, 3.8) is 0 Å². The van der Waals surface area contributed by atoms with Crippen molar-refractivity contribution in [3.05, 3.63) is 0 Å². The van der Waals surface area contributed by atoms with Crippen LogP contribution in [0.1, 0.15) is 6.42 Å². The molecular weight excluding hydrogens is 1230 g/mol. The molecule has 0 aromatic heterocycles. The van der Waals surface area contributed by atoms with Crippen molar-refractivity contribution < 1.29 is 124 Å². The van der Waals surface area contributed by atoms with E-state index in [-0.39, 0.29) is 0 Å². The van der Waals surface area contributed by atoms with Crippen LogP contribution in [0.15, 0.2) is 0 Å². The lowest BCUT2D eigenvalue weighted by Gasteiger charge is -2.51. The first-order valence-electron chi connectivity index (χ1n) is 24.6. The van der Waals surface area contributed by atoms with Crippen LogP contribution >= 0.6 is 0 Å². The summed E-state index contributed by atoms with van der Waals surface area (Å²) in [5.74, 6) is -1.28. The fourth-order valence-electron chi connectivity index (χ4n) is 8.73. The summed E-state index contributed by atoms with van der Waals surface area (Å²) in [7, 11) is 4.54. The highest BCUT2D eigenvalue weighted by atomic mass is 29.3. The molecule has 0 aromatic carbocycles. The third-order valence-electron chi connectivity index (χ3n) is 13.6. The van der Waals surface area contributed by atoms with E-state index in [0.29, 0.717) is 60.8 Å². The van der Waals surface area contributed by atoms with E-state index in [2.05, 4.69) is 0 Å². The molecule has 0 amide bonds. The predicted octanol–water partition coefficient (Wildman–Crippen LogP) is 4.54. The van der Waals surface area contributed by atoms with E-state index in [1.54, 1.807) is 107 Å². The smallest absolute Gasteiger partial charge is 0.416 e. The van der Waals surface area contributed by atoms with Crippen molar-refractivity contribution in [2.75, 3.05) is 171 Å². The summed E-state index contributed by atoms with van der Waals surface area (Å²) < 4.78 is 162. The van der Waals surface area contributed by atoms with Gasteiger partial charge in [0.15, 0.2) is 0 Å². The topological polar surface area (TPSA) is 258 Å². The van der Waals surface area contributed by atoms with Crippen molar-refractivity contribution in [1.82, 2.24) is 0 Å². The molecular formula is C39H104O28Si11. The van der Waals surface area contributed by atoms with Crippen molar-refractivity contribution in [3.8, 4) is 0 Å². The summed E-state index contributed by atoms with van der Waals surface area (Å²) >= 11 is 0. The number of rotatable bonds is 40. The maximum atomic E-state index is 7.29. The van der Waals surface area contributed by atoms with Gasteiger partial charge < -0.3 is 124 Å². The van der Waals surface area contributed by atoms with Crippen LogP contribution in [-0.4, -0.2) is 272 Å². The van der Waals surface area contributed by atoms with E-state index in [9.17, 15) is 0 Å². The molecule has 0 saturated carbocycles. The van der Waals surface area contributed by atoms with E-state index in [1.165, 1.54) is 64.0 Å². The van der Waals surface area contributed by atoms with Crippen LogP contribution in [0.3, 0.4) is 0 Å². The average molecular weight is 1330 g/mol. The van der Waals surface area contributed by atoms with Crippen molar-refractivity contribution in [2.45, 2.75) is 93.0 Å². The van der Waals surface area contributed by atoms with Crippen molar-refractivity contribution in [2.24, 2.45) is 0 Å². The quantitative estimate of drug-likeness (QED) is 0.0603. The van der Waals surface area contributed by atoms with Crippen LogP contribution in [0.25, 0.3) is 0 Å². The SMILES string of the molecule is COC(CC[Si]1(C)O[Si](C)(CC[Si](OC)(OC)OC)O[Si](C)(CC[Si](OC)(OC)OC)O[Si](C)(CC[Si](OC)(OC)OC)O1)(OC)OC.CO[Si](CC[Si](OC)(OC)OC)(OC)OC.CO[Si](OC)(OC)[Si](OC)(OC)OC. The largest absolute Gasteiger partial charge is 0.576 e. The van der Waals surface area contributed by atoms with E-state index in [0.717, 1.165) is 0 Å². The summed E-state index contributed by atoms with van der Waals surface area (Å²) in [5.41, 5.74) is 0. The molecule has 2 atom stereocenters. The highest BCUT2D eigenvalue weighted by molar-refractivity contribution is 7.26. The molecule has 0 bridgehead atoms. The highest BCUT2D eigenvalue weighted by Crippen LogP contribution is 2.42. The molecule has 39 heteroatoms. The predicted molar refractivity (Wildman–Crippen MR) is 310 cm³/mol. The van der Waals surface area contributed by atoms with Gasteiger partial charge in [0.2, 0.25) is 0 Å². The van der Waals surface area contributed by atoms with Crippen molar-refractivity contribution in [1.29, 1.82) is 0 Å². The van der Waals surface area contributed by atoms with Gasteiger partial charge in [-0.2, -0.15) is 0 Å². The number of ether oxygens (including phenoxy) is 3. The van der Waals surface area contributed by atoms with Gasteiger partial charge in [0.25, 0.3) is 5.97 Å². The summed E-state index contributed by atoms with van der Waals surface area (Å²) in [5, 5.41) is 0. The summed E-state index contributed by atoms with van der Waals surface area (Å²) in [4.78, 5) is 0. The van der Waals surface area contributed by atoms with Crippen LogP contribution in [0.2, 0.25) is 80.6 Å². The summed E-state index contributed by atoms with van der Waals surface area (Å²) in [6, 6.07) is 4.57. The van der Waals surface area contributed by atoms with Gasteiger partial charge >= 0.3 is 94.9 Å². The van der Waals surface area contributed by atoms with Gasteiger partial charge in [0.05, 0.1) is 0 Å². The van der Waals surface area contributed by atoms with Gasteiger partial charge in [-0.25, -0.2) is 0 Å². The second kappa shape index (κ2) is 37.7. The average Bonchev–Trinajstić information content (AvgIpc) is 3.46. The minimum atomic E-state index is -3.17. The molecule has 0 N–H and O–H groups in total. The van der Waals surface area contributed by atoms with Gasteiger partial charge in [-0.1, -0.05) is 0 Å². The molecule has 1 saturated heterocycles. The molecule has 1 aliphatic rings. The Bertz CT molecular complexity index is 1290. The Morgan fingerprint density at radius 1 is 0.244 bits per heavy atom. The molecule has 2 unspecified atom stereocenters. The maximum absolute atomic E-state index is 7.29. The first-order valence-corrected chi connectivity index (χ1v) is 48.8. The van der Waals surface area contributed by atoms with E-state index in [4.69, 9.17) is 124 Å². The summed E-state index contributed by atoms with van der Waals surface area (Å²) in [6.45, 7) is 8.17. The molecule has 28 nitrogen and oxygen atoms in total. The second-order valence-electron chi connectivity index (χ2n) is 17.6. The second-order valence-corrected chi connectivity index (χ2v) is 55.7. The molecule has 0 aliphatic carbocycles. The fraction of sp³-hybridized carbons (Fsp3) is 1.00. The molecule has 1 heterocycles. The maximum Gasteiger partial charge on any atom is 0.576 e. The number of methoxy groups -OCH3 is 3. The first kappa shape index (κ1) is 81.3. The molecule has 0 aromatic rings.